The number of hydrogen-bond acceptors (Lipinski definition) is 2. The van der Waals surface area contributed by atoms with E-state index in [4.69, 9.17) is 0 Å². The van der Waals surface area contributed by atoms with Crippen molar-refractivity contribution in [2.45, 2.75) is 6.92 Å². The number of carboxylic acids is 1. The molecule has 0 fully saturated rings. The normalized spacial score (nSPS) is 10.5. The lowest BCUT2D eigenvalue weighted by atomic mass is 10.1. The van der Waals surface area contributed by atoms with Crippen LogP contribution in [0.4, 0.5) is 11.4 Å². The van der Waals surface area contributed by atoms with Crippen LogP contribution in [-0.2, 0) is 0 Å². The zero-order chi connectivity index (χ0) is 14.8. The second kappa shape index (κ2) is 5.29. The number of fused-ring (bicyclic) bond motifs is 1. The largest absolute Gasteiger partial charge is 0.478 e. The molecule has 2 N–H and O–H groups in total. The highest BCUT2D eigenvalue weighted by Gasteiger charge is 2.10. The predicted molar refractivity (Wildman–Crippen MR) is 85.4 cm³/mol. The molecule has 3 heteroatoms. The third-order valence-electron chi connectivity index (χ3n) is 3.43. The van der Waals surface area contributed by atoms with Crippen LogP contribution in [0.1, 0.15) is 15.9 Å². The predicted octanol–water partition coefficient (Wildman–Crippen LogP) is 4.59. The summed E-state index contributed by atoms with van der Waals surface area (Å²) in [6.45, 7) is 1.94. The molecule has 104 valence electrons. The Morgan fingerprint density at radius 2 is 1.71 bits per heavy atom. The standard InChI is InChI=1S/C18H15NO2/c1-12-6-9-16(18(20)21)17(10-12)19-15-8-7-13-4-2-3-5-14(13)11-15/h2-11,19H,1H3,(H,20,21). The first-order valence-corrected chi connectivity index (χ1v) is 6.73. The van der Waals surface area contributed by atoms with Crippen LogP contribution in [0.3, 0.4) is 0 Å². The van der Waals surface area contributed by atoms with Crippen molar-refractivity contribution < 1.29 is 9.90 Å². The zero-order valence-corrected chi connectivity index (χ0v) is 11.6. The third-order valence-corrected chi connectivity index (χ3v) is 3.43. The third kappa shape index (κ3) is 2.72. The average Bonchev–Trinajstić information content (AvgIpc) is 2.47. The van der Waals surface area contributed by atoms with Crippen LogP contribution in [0.2, 0.25) is 0 Å². The first-order valence-electron chi connectivity index (χ1n) is 6.73. The Hall–Kier alpha value is -2.81. The number of benzene rings is 3. The molecule has 0 aliphatic rings. The number of aromatic carboxylic acids is 1. The van der Waals surface area contributed by atoms with Gasteiger partial charge in [0.2, 0.25) is 0 Å². The van der Waals surface area contributed by atoms with Crippen LogP contribution < -0.4 is 5.32 Å². The van der Waals surface area contributed by atoms with Crippen molar-refractivity contribution in [3.63, 3.8) is 0 Å². The monoisotopic (exact) mass is 277 g/mol. The summed E-state index contributed by atoms with van der Waals surface area (Å²) >= 11 is 0. The molecule has 3 aromatic rings. The zero-order valence-electron chi connectivity index (χ0n) is 11.6. The first-order chi connectivity index (χ1) is 10.1. The second-order valence-corrected chi connectivity index (χ2v) is 5.04. The quantitative estimate of drug-likeness (QED) is 0.736. The number of aryl methyl sites for hydroxylation is 1. The van der Waals surface area contributed by atoms with Crippen molar-refractivity contribution in [3.8, 4) is 0 Å². The molecule has 0 amide bonds. The molecule has 0 radical (unpaired) electrons. The smallest absolute Gasteiger partial charge is 0.337 e. The highest BCUT2D eigenvalue weighted by atomic mass is 16.4. The molecule has 3 aromatic carbocycles. The molecule has 0 spiro atoms. The fourth-order valence-electron chi connectivity index (χ4n) is 2.37. The van der Waals surface area contributed by atoms with E-state index in [9.17, 15) is 9.90 Å². The summed E-state index contributed by atoms with van der Waals surface area (Å²) in [7, 11) is 0. The summed E-state index contributed by atoms with van der Waals surface area (Å²) in [5.74, 6) is -0.932. The van der Waals surface area contributed by atoms with E-state index in [1.807, 2.05) is 49.4 Å². The van der Waals surface area contributed by atoms with E-state index in [0.29, 0.717) is 5.69 Å². The van der Waals surface area contributed by atoms with Crippen LogP contribution in [-0.4, -0.2) is 11.1 Å². The van der Waals surface area contributed by atoms with Gasteiger partial charge in [-0.1, -0.05) is 36.4 Å². The summed E-state index contributed by atoms with van der Waals surface area (Å²) < 4.78 is 0. The lowest BCUT2D eigenvalue weighted by Crippen LogP contribution is -2.03. The van der Waals surface area contributed by atoms with Gasteiger partial charge in [-0.15, -0.1) is 0 Å². The number of anilines is 2. The number of hydrogen-bond donors (Lipinski definition) is 2. The minimum absolute atomic E-state index is 0.272. The lowest BCUT2D eigenvalue weighted by Gasteiger charge is -2.11. The molecule has 21 heavy (non-hydrogen) atoms. The summed E-state index contributed by atoms with van der Waals surface area (Å²) in [5.41, 5.74) is 2.77. The van der Waals surface area contributed by atoms with Crippen LogP contribution in [0.15, 0.2) is 60.7 Å². The molecule has 0 saturated heterocycles. The van der Waals surface area contributed by atoms with Crippen molar-refractivity contribution in [2.75, 3.05) is 5.32 Å². The number of carboxylic acid groups (broad SMARTS) is 1. The summed E-state index contributed by atoms with van der Waals surface area (Å²) in [6, 6.07) is 19.3. The van der Waals surface area contributed by atoms with Gasteiger partial charge in [-0.3, -0.25) is 0 Å². The highest BCUT2D eigenvalue weighted by molar-refractivity contribution is 5.96. The Balaban J connectivity index is 2.02. The molecule has 0 aliphatic heterocycles. The highest BCUT2D eigenvalue weighted by Crippen LogP contribution is 2.25. The van der Waals surface area contributed by atoms with Crippen LogP contribution in [0, 0.1) is 6.92 Å². The van der Waals surface area contributed by atoms with Gasteiger partial charge in [-0.05, 0) is 47.5 Å². The number of rotatable bonds is 3. The number of carbonyl (C=O) groups is 1. The minimum Gasteiger partial charge on any atom is -0.478 e. The Labute approximate surface area is 122 Å². The molecule has 3 nitrogen and oxygen atoms in total. The molecular weight excluding hydrogens is 262 g/mol. The van der Waals surface area contributed by atoms with Crippen LogP contribution >= 0.6 is 0 Å². The van der Waals surface area contributed by atoms with Crippen LogP contribution in [0.25, 0.3) is 10.8 Å². The van der Waals surface area contributed by atoms with Crippen molar-refractivity contribution in [3.05, 3.63) is 71.8 Å². The molecule has 0 heterocycles. The molecule has 0 aliphatic carbocycles. The van der Waals surface area contributed by atoms with E-state index in [1.54, 1.807) is 12.1 Å². The molecular formula is C18H15NO2. The van der Waals surface area contributed by atoms with E-state index in [2.05, 4.69) is 11.4 Å². The van der Waals surface area contributed by atoms with Gasteiger partial charge in [-0.2, -0.15) is 0 Å². The van der Waals surface area contributed by atoms with Crippen molar-refractivity contribution in [1.29, 1.82) is 0 Å². The van der Waals surface area contributed by atoms with Gasteiger partial charge in [0, 0.05) is 5.69 Å². The average molecular weight is 277 g/mol. The Morgan fingerprint density at radius 3 is 2.48 bits per heavy atom. The van der Waals surface area contributed by atoms with E-state index < -0.39 is 5.97 Å². The second-order valence-electron chi connectivity index (χ2n) is 5.04. The van der Waals surface area contributed by atoms with Crippen molar-refractivity contribution in [1.82, 2.24) is 0 Å². The Bertz CT molecular complexity index is 824. The molecule has 0 aromatic heterocycles. The van der Waals surface area contributed by atoms with Crippen molar-refractivity contribution in [2.24, 2.45) is 0 Å². The topological polar surface area (TPSA) is 49.3 Å². The molecule has 0 atom stereocenters. The fraction of sp³-hybridized carbons (Fsp3) is 0.0556. The number of nitrogens with one attached hydrogen (secondary N) is 1. The summed E-state index contributed by atoms with van der Waals surface area (Å²) in [5, 5.41) is 14.7. The van der Waals surface area contributed by atoms with Gasteiger partial charge >= 0.3 is 5.97 Å². The maximum absolute atomic E-state index is 11.3. The molecule has 3 rings (SSSR count). The Kier molecular flexibility index (Phi) is 3.32. The molecule has 0 saturated carbocycles. The lowest BCUT2D eigenvalue weighted by molar-refractivity contribution is 0.0698. The van der Waals surface area contributed by atoms with Gasteiger partial charge in [0.1, 0.15) is 0 Å². The summed E-state index contributed by atoms with van der Waals surface area (Å²) in [4.78, 5) is 11.3. The van der Waals surface area contributed by atoms with Gasteiger partial charge in [-0.25, -0.2) is 4.79 Å². The van der Waals surface area contributed by atoms with E-state index in [0.717, 1.165) is 22.0 Å². The summed E-state index contributed by atoms with van der Waals surface area (Å²) in [6.07, 6.45) is 0. The maximum atomic E-state index is 11.3. The van der Waals surface area contributed by atoms with Crippen LogP contribution in [0.5, 0.6) is 0 Å². The van der Waals surface area contributed by atoms with Gasteiger partial charge in [0.15, 0.2) is 0 Å². The minimum atomic E-state index is -0.932. The fourth-order valence-corrected chi connectivity index (χ4v) is 2.37. The SMILES string of the molecule is Cc1ccc(C(=O)O)c(Nc2ccc3ccccc3c2)c1. The van der Waals surface area contributed by atoms with Crippen molar-refractivity contribution >= 4 is 28.1 Å². The first kappa shape index (κ1) is 13.2. The Morgan fingerprint density at radius 1 is 0.952 bits per heavy atom. The van der Waals surface area contributed by atoms with E-state index >= 15 is 0 Å². The van der Waals surface area contributed by atoms with Gasteiger partial charge in [0.25, 0.3) is 0 Å². The van der Waals surface area contributed by atoms with E-state index in [1.165, 1.54) is 0 Å². The molecule has 0 unspecified atom stereocenters. The maximum Gasteiger partial charge on any atom is 0.337 e. The van der Waals surface area contributed by atoms with Gasteiger partial charge < -0.3 is 10.4 Å². The van der Waals surface area contributed by atoms with E-state index in [-0.39, 0.29) is 5.56 Å². The molecule has 0 bridgehead atoms. The van der Waals surface area contributed by atoms with Gasteiger partial charge in [0.05, 0.1) is 11.3 Å².